The number of rotatable bonds is 63. The van der Waals surface area contributed by atoms with Crippen molar-refractivity contribution in [3.63, 3.8) is 0 Å². The van der Waals surface area contributed by atoms with Crippen molar-refractivity contribution in [1.29, 1.82) is 0 Å². The van der Waals surface area contributed by atoms with E-state index in [0.29, 0.717) is 13.2 Å². The van der Waals surface area contributed by atoms with Crippen LogP contribution >= 0.6 is 0 Å². The van der Waals surface area contributed by atoms with E-state index in [1.807, 2.05) is 0 Å². The topological polar surface area (TPSA) is 91.1 Å². The second-order valence-electron chi connectivity index (χ2n) is 34.5. The minimum Gasteiger partial charge on any atom is -0.493 e. The molecule has 2 heterocycles. The average molecular weight is 1740 g/mol. The van der Waals surface area contributed by atoms with Gasteiger partial charge >= 0.3 is 16.5 Å². The number of aliphatic hydroxyl groups excluding tert-OH is 2. The largest absolute Gasteiger partial charge is 2.00 e. The Bertz CT molecular complexity index is 3250. The molecule has 0 saturated carbocycles. The molecule has 0 bridgehead atoms. The van der Waals surface area contributed by atoms with Gasteiger partial charge < -0.3 is 35.1 Å². The maximum absolute atomic E-state index is 12.0. The van der Waals surface area contributed by atoms with Gasteiger partial charge in [-0.3, -0.25) is 0 Å². The van der Waals surface area contributed by atoms with Gasteiger partial charge in [0.15, 0.2) is 0 Å². The Morgan fingerprint density at radius 3 is 0.842 bits per heavy atom. The van der Waals surface area contributed by atoms with Crippen LogP contribution in [0.15, 0.2) is 119 Å². The Balaban J connectivity index is 0. The molecule has 0 aromatic heterocycles. The fourth-order valence-electron chi connectivity index (χ4n) is 15.8. The predicted molar refractivity (Wildman–Crippen MR) is 524 cm³/mol. The molecule has 6 nitrogen and oxygen atoms in total. The third kappa shape index (κ3) is 56.5. The van der Waals surface area contributed by atoms with Gasteiger partial charge in [0.2, 0.25) is 22.8 Å². The second-order valence-corrected chi connectivity index (χ2v) is 34.5. The minimum atomic E-state index is 0. The summed E-state index contributed by atoms with van der Waals surface area (Å²) in [7, 11) is 0. The molecule has 0 radical (unpaired) electrons. The van der Waals surface area contributed by atoms with Gasteiger partial charge in [-0.15, -0.1) is 0 Å². The van der Waals surface area contributed by atoms with Gasteiger partial charge in [-0.05, 0) is 157 Å². The molecule has 0 atom stereocenters. The molecule has 2 N–H and O–H groups in total. The summed E-state index contributed by atoms with van der Waals surface area (Å²) in [5, 5.41) is 16.1. The third-order valence-electron chi connectivity index (χ3n) is 23.2. The molecule has 0 saturated heterocycles. The van der Waals surface area contributed by atoms with Crippen molar-refractivity contribution < 1.29 is 52.6 Å². The standard InChI is InChI=1S/C49H74N2.C45H70N2.2C5H11.2C4H10O.2Ni/c1-5-8-11-13-15-17-19-20-21-22-24-26-28-30-39-47-46(38-10-7-3)49(51(50)48(47)44-36-31-33-42(4)40-44)45-37-32-35-43(41-45)34-29-27-25-23-18-16-14-12-9-6-2;1-5-8-11-12-13-14-15-16-17-18-19-20-21-22-23-24-25-26-35-43-42(34-10-7-3)45(41-33-28-31-39(37-41)30-9-6-2)47(46)44(43)40-32-27-29-38(4)36-40;2*1-3-5-4-2;2*1-2-3-4-5;;/h31-33,35-37,40-41H,5-29,34,38H2,1-4H3;27-29,31-33,36-37H,5-26,30,34-35H2,1-4H3;2*1,3-5H2,2H3;2*5H,2-4H2,1H3;;/q;;2*-1;;;;+2. The first-order valence-electron chi connectivity index (χ1n) is 50.4. The van der Waals surface area contributed by atoms with E-state index >= 15 is 0 Å². The zero-order chi connectivity index (χ0) is 86.4. The molecule has 4 aromatic rings. The number of hydrogen-bond acceptors (Lipinski definition) is 2. The van der Waals surface area contributed by atoms with E-state index in [1.165, 1.54) is 333 Å². The molecule has 2 aliphatic rings. The molecule has 0 unspecified atom stereocenters. The summed E-state index contributed by atoms with van der Waals surface area (Å²) in [5.41, 5.74) is 42.3. The van der Waals surface area contributed by atoms with Crippen molar-refractivity contribution in [2.45, 2.75) is 481 Å². The van der Waals surface area contributed by atoms with Crippen molar-refractivity contribution in [2.75, 3.05) is 13.2 Å². The summed E-state index contributed by atoms with van der Waals surface area (Å²) in [6.45, 7) is 34.4. The van der Waals surface area contributed by atoms with Gasteiger partial charge in [-0.1, -0.05) is 436 Å². The van der Waals surface area contributed by atoms with Crippen molar-refractivity contribution >= 4 is 22.8 Å². The fourth-order valence-corrected chi connectivity index (χ4v) is 15.8. The average Bonchev–Trinajstić information content (AvgIpc) is 1.61. The van der Waals surface area contributed by atoms with Crippen LogP contribution in [-0.4, -0.2) is 32.8 Å². The monoisotopic (exact) mass is 1740 g/mol. The van der Waals surface area contributed by atoms with Crippen LogP contribution in [0.25, 0.3) is 33.9 Å². The summed E-state index contributed by atoms with van der Waals surface area (Å²) in [5.74, 6) is 7.20. The predicted octanol–water partition coefficient (Wildman–Crippen LogP) is 36.6. The fraction of sp³-hybridized carbons (Fsp3) is 0.679. The van der Waals surface area contributed by atoms with Crippen molar-refractivity contribution in [3.05, 3.63) is 189 Å². The first kappa shape index (κ1) is 118. The van der Waals surface area contributed by atoms with E-state index in [0.717, 1.165) is 160 Å². The van der Waals surface area contributed by atoms with E-state index in [-0.39, 0.29) is 33.0 Å². The van der Waals surface area contributed by atoms with Gasteiger partial charge in [-0.25, -0.2) is 9.39 Å². The third-order valence-corrected chi connectivity index (χ3v) is 23.2. The van der Waals surface area contributed by atoms with Gasteiger partial charge in [0.05, 0.1) is 0 Å². The normalized spacial score (nSPS) is 12.2. The Morgan fingerprint density at radius 1 is 0.283 bits per heavy atom. The Morgan fingerprint density at radius 2 is 0.533 bits per heavy atom. The SMILES string of the molecule is CCCCCCCCCCCCCCC#CC1=C(c2cccc(C)c2)[N+](=[N-])C(c2cccc(CCCCCCCCCCCC)c2)=C1CCCC.CCCCCCCCCCCCCCCCCCCCC1=C(c2cccc(C)c2)[N+](=[N-])C(c2cccc(CCCC)c2)=C1CCCC.CCCCO.CCCCO.[CH2-]CCCC.[CH2-]CCCC.[Ni+2].[Ni]. The van der Waals surface area contributed by atoms with E-state index < -0.39 is 0 Å². The van der Waals surface area contributed by atoms with Crippen LogP contribution in [0.5, 0.6) is 0 Å². The zero-order valence-corrected chi connectivity index (χ0v) is 82.2. The minimum absolute atomic E-state index is 0. The number of hydrogen-bond donors (Lipinski definition) is 2. The molecule has 0 fully saturated rings. The summed E-state index contributed by atoms with van der Waals surface area (Å²) in [6.07, 6.45) is 79.4. The summed E-state index contributed by atoms with van der Waals surface area (Å²) in [4.78, 5) is 0. The van der Waals surface area contributed by atoms with Crippen molar-refractivity contribution in [3.8, 4) is 11.8 Å². The number of benzene rings is 4. The summed E-state index contributed by atoms with van der Waals surface area (Å²) >= 11 is 0. The second kappa shape index (κ2) is 85.3. The van der Waals surface area contributed by atoms with Crippen molar-refractivity contribution in [2.24, 2.45) is 0 Å². The number of allylic oxidation sites excluding steroid dienone is 4. The smallest absolute Gasteiger partial charge is 0.493 e. The summed E-state index contributed by atoms with van der Waals surface area (Å²) in [6, 6.07) is 35.2. The molecule has 0 spiro atoms. The Labute approximate surface area is 765 Å². The van der Waals surface area contributed by atoms with Gasteiger partial charge in [-0.2, -0.15) is 12.8 Å². The maximum atomic E-state index is 12.0. The summed E-state index contributed by atoms with van der Waals surface area (Å²) < 4.78 is 3.04. The number of aliphatic hydroxyl groups is 2. The molecule has 0 aliphatic carbocycles. The first-order chi connectivity index (χ1) is 57.9. The molecule has 0 amide bonds. The van der Waals surface area contributed by atoms with E-state index in [4.69, 9.17) is 10.2 Å². The molecule has 4 aromatic carbocycles. The molecule has 8 heteroatoms. The van der Waals surface area contributed by atoms with Crippen LogP contribution in [0.4, 0.5) is 0 Å². The Hall–Kier alpha value is -4.49. The molecule has 6 rings (SSSR count). The van der Waals surface area contributed by atoms with Crippen molar-refractivity contribution in [1.82, 2.24) is 0 Å². The van der Waals surface area contributed by atoms with Gasteiger partial charge in [0.1, 0.15) is 5.57 Å². The molecule has 2 aliphatic heterocycles. The number of unbranched alkanes of at least 4 members (excludes halogenated alkanes) is 47. The quantitative estimate of drug-likeness (QED) is 0.0152. The first-order valence-corrected chi connectivity index (χ1v) is 50.4. The molecule has 120 heavy (non-hydrogen) atoms. The van der Waals surface area contributed by atoms with Gasteiger partial charge in [0.25, 0.3) is 0 Å². The van der Waals surface area contributed by atoms with Crippen LogP contribution in [0.2, 0.25) is 0 Å². The van der Waals surface area contributed by atoms with Crippen LogP contribution in [0.1, 0.15) is 499 Å². The zero-order valence-electron chi connectivity index (χ0n) is 80.2. The molecule has 686 valence electrons. The number of nitrogens with zero attached hydrogens (tertiary/aromatic N) is 4. The van der Waals surface area contributed by atoms with Crippen LogP contribution in [0, 0.1) is 39.5 Å². The number of aryl methyl sites for hydroxylation is 4. The Kier molecular flexibility index (Phi) is 83.6. The van der Waals surface area contributed by atoms with Gasteiger partial charge in [0, 0.05) is 75.1 Å². The molecular weight excluding hydrogens is 1550 g/mol. The van der Waals surface area contributed by atoms with E-state index in [1.54, 1.807) is 4.70 Å². The van der Waals surface area contributed by atoms with E-state index in [2.05, 4.69) is 206 Å². The maximum Gasteiger partial charge on any atom is 2.00 e. The van der Waals surface area contributed by atoms with Crippen LogP contribution < -0.4 is 0 Å². The van der Waals surface area contributed by atoms with Crippen LogP contribution in [0.3, 0.4) is 0 Å². The van der Waals surface area contributed by atoms with Crippen LogP contribution in [-0.2, 0) is 45.8 Å². The molecular formula is C112H186N4Ni2O2. The van der Waals surface area contributed by atoms with E-state index in [9.17, 15) is 11.1 Å².